The molecule has 0 bridgehead atoms. The maximum Gasteiger partial charge on any atom is 0.416 e. The van der Waals surface area contributed by atoms with Crippen LogP contribution in [0.5, 0.6) is 5.75 Å². The molecule has 1 heterocycles. The molecule has 0 fully saturated rings. The topological polar surface area (TPSA) is 82.8 Å². The van der Waals surface area contributed by atoms with Crippen molar-refractivity contribution in [3.8, 4) is 17.1 Å². The van der Waals surface area contributed by atoms with Crippen LogP contribution in [0.1, 0.15) is 18.1 Å². The molecule has 36 heavy (non-hydrogen) atoms. The molecule has 10 heteroatoms. The predicted octanol–water partition coefficient (Wildman–Crippen LogP) is 4.90. The average molecular weight is 495 g/mol. The van der Waals surface area contributed by atoms with Gasteiger partial charge in [-0.15, -0.1) is 0 Å². The number of alkyl halides is 3. The van der Waals surface area contributed by atoms with Crippen molar-refractivity contribution in [2.75, 3.05) is 7.11 Å². The summed E-state index contributed by atoms with van der Waals surface area (Å²) in [6, 6.07) is 17.6. The summed E-state index contributed by atoms with van der Waals surface area (Å²) >= 11 is 0. The highest BCUT2D eigenvalue weighted by Gasteiger charge is 2.31. The second-order valence-electron chi connectivity index (χ2n) is 7.75. The van der Waals surface area contributed by atoms with Crippen LogP contribution in [0.2, 0.25) is 0 Å². The highest BCUT2D eigenvalue weighted by molar-refractivity contribution is 5.82. The van der Waals surface area contributed by atoms with Gasteiger partial charge in [-0.1, -0.05) is 36.4 Å². The first kappa shape index (κ1) is 24.6. The molecule has 1 atom stereocenters. The molecule has 0 aliphatic carbocycles. The number of hydrogen-bond donors (Lipinski definition) is 0. The van der Waals surface area contributed by atoms with E-state index in [0.717, 1.165) is 16.8 Å². The molecule has 184 valence electrons. The molecule has 0 aliphatic rings. The van der Waals surface area contributed by atoms with Gasteiger partial charge in [0, 0.05) is 5.56 Å². The van der Waals surface area contributed by atoms with Crippen LogP contribution in [0.3, 0.4) is 0 Å². The molecule has 4 aromatic rings. The Kier molecular flexibility index (Phi) is 6.86. The predicted molar refractivity (Wildman–Crippen MR) is 128 cm³/mol. The van der Waals surface area contributed by atoms with Gasteiger partial charge in [0.05, 0.1) is 29.8 Å². The standard InChI is InChI=1S/C26H20F3N3O4/c1-16(25(34)35-2)36-20-10-5-7-17(13-20)15-30-32-23(18-8-6-9-19(14-18)26(27,28)29)31-22-12-4-3-11-21(22)24(32)33/h3-16H,1-2H3/t16-/m0/s1. The van der Waals surface area contributed by atoms with Crippen molar-refractivity contribution in [2.24, 2.45) is 5.10 Å². The Hall–Kier alpha value is -4.47. The maximum atomic E-state index is 13.3. The Morgan fingerprint density at radius 3 is 2.56 bits per heavy atom. The lowest BCUT2D eigenvalue weighted by molar-refractivity contribution is -0.148. The van der Waals surface area contributed by atoms with E-state index in [0.29, 0.717) is 16.8 Å². The van der Waals surface area contributed by atoms with E-state index in [2.05, 4.69) is 14.8 Å². The van der Waals surface area contributed by atoms with Crippen LogP contribution in [-0.4, -0.2) is 35.1 Å². The molecule has 4 rings (SSSR count). The van der Waals surface area contributed by atoms with E-state index in [4.69, 9.17) is 4.74 Å². The first-order valence-corrected chi connectivity index (χ1v) is 10.8. The molecule has 0 aliphatic heterocycles. The minimum absolute atomic E-state index is 0.0484. The summed E-state index contributed by atoms with van der Waals surface area (Å²) in [5.41, 5.74) is -0.500. The molecular weight excluding hydrogens is 475 g/mol. The molecule has 3 aromatic carbocycles. The monoisotopic (exact) mass is 495 g/mol. The molecule has 0 saturated heterocycles. The minimum Gasteiger partial charge on any atom is -0.479 e. The van der Waals surface area contributed by atoms with Crippen molar-refractivity contribution in [3.05, 3.63) is 94.3 Å². The normalized spacial score (nSPS) is 12.6. The van der Waals surface area contributed by atoms with Crippen LogP contribution in [0.4, 0.5) is 13.2 Å². The Morgan fingerprint density at radius 1 is 1.06 bits per heavy atom. The number of halogens is 3. The first-order chi connectivity index (χ1) is 17.2. The van der Waals surface area contributed by atoms with Gasteiger partial charge in [-0.25, -0.2) is 9.78 Å². The van der Waals surface area contributed by atoms with E-state index in [9.17, 15) is 22.8 Å². The third kappa shape index (κ3) is 5.27. The average Bonchev–Trinajstić information content (AvgIpc) is 2.87. The van der Waals surface area contributed by atoms with Gasteiger partial charge in [0.2, 0.25) is 0 Å². The van der Waals surface area contributed by atoms with E-state index >= 15 is 0 Å². The fourth-order valence-electron chi connectivity index (χ4n) is 3.46. The lowest BCUT2D eigenvalue weighted by Gasteiger charge is -2.13. The molecule has 7 nitrogen and oxygen atoms in total. The van der Waals surface area contributed by atoms with Gasteiger partial charge in [0.15, 0.2) is 11.9 Å². The summed E-state index contributed by atoms with van der Waals surface area (Å²) in [6.07, 6.45) is -4.06. The Balaban J connectivity index is 1.79. The summed E-state index contributed by atoms with van der Waals surface area (Å²) in [5.74, 6) is -0.236. The number of benzene rings is 3. The van der Waals surface area contributed by atoms with E-state index in [-0.39, 0.29) is 16.8 Å². The Labute approximate surface area is 203 Å². The quantitative estimate of drug-likeness (QED) is 0.281. The third-order valence-corrected chi connectivity index (χ3v) is 5.23. The number of aromatic nitrogens is 2. The van der Waals surface area contributed by atoms with Crippen molar-refractivity contribution >= 4 is 23.1 Å². The number of esters is 1. The lowest BCUT2D eigenvalue weighted by atomic mass is 10.1. The number of fused-ring (bicyclic) bond motifs is 1. The summed E-state index contributed by atoms with van der Waals surface area (Å²) in [5, 5.41) is 4.51. The largest absolute Gasteiger partial charge is 0.479 e. The zero-order valence-corrected chi connectivity index (χ0v) is 19.2. The fraction of sp³-hybridized carbons (Fsp3) is 0.154. The third-order valence-electron chi connectivity index (χ3n) is 5.23. The van der Waals surface area contributed by atoms with E-state index < -0.39 is 29.4 Å². The summed E-state index contributed by atoms with van der Waals surface area (Å²) < 4.78 is 51.1. The van der Waals surface area contributed by atoms with Gasteiger partial charge >= 0.3 is 12.1 Å². The van der Waals surface area contributed by atoms with E-state index in [1.54, 1.807) is 48.5 Å². The van der Waals surface area contributed by atoms with Crippen LogP contribution in [0.15, 0.2) is 82.7 Å². The molecule has 0 spiro atoms. The summed E-state index contributed by atoms with van der Waals surface area (Å²) in [6.45, 7) is 1.54. The van der Waals surface area contributed by atoms with Crippen molar-refractivity contribution < 1.29 is 27.4 Å². The van der Waals surface area contributed by atoms with Gasteiger partial charge < -0.3 is 9.47 Å². The molecule has 0 amide bonds. The molecule has 0 unspecified atom stereocenters. The van der Waals surface area contributed by atoms with Gasteiger partial charge in [0.1, 0.15) is 5.75 Å². The SMILES string of the molecule is COC(=O)[C@H](C)Oc1cccc(C=Nn2c(-c3cccc(C(F)(F)F)c3)nc3ccccc3c2=O)c1. The minimum atomic E-state index is -4.57. The highest BCUT2D eigenvalue weighted by atomic mass is 19.4. The van der Waals surface area contributed by atoms with Crippen LogP contribution in [-0.2, 0) is 15.7 Å². The number of rotatable bonds is 6. The van der Waals surface area contributed by atoms with Crippen molar-refractivity contribution in [2.45, 2.75) is 19.2 Å². The van der Waals surface area contributed by atoms with Crippen LogP contribution >= 0.6 is 0 Å². The zero-order valence-electron chi connectivity index (χ0n) is 19.2. The number of nitrogens with zero attached hydrogens (tertiary/aromatic N) is 3. The second kappa shape index (κ2) is 10.0. The highest BCUT2D eigenvalue weighted by Crippen LogP contribution is 2.32. The van der Waals surface area contributed by atoms with Crippen molar-refractivity contribution in [3.63, 3.8) is 0 Å². The lowest BCUT2D eigenvalue weighted by Crippen LogP contribution is -2.24. The van der Waals surface area contributed by atoms with E-state index in [1.165, 1.54) is 32.4 Å². The Morgan fingerprint density at radius 2 is 1.81 bits per heavy atom. The van der Waals surface area contributed by atoms with Gasteiger partial charge in [-0.2, -0.15) is 22.9 Å². The van der Waals surface area contributed by atoms with Crippen molar-refractivity contribution in [1.29, 1.82) is 0 Å². The van der Waals surface area contributed by atoms with Gasteiger partial charge in [-0.3, -0.25) is 4.79 Å². The molecule has 0 saturated carbocycles. The smallest absolute Gasteiger partial charge is 0.416 e. The van der Waals surface area contributed by atoms with Crippen LogP contribution in [0.25, 0.3) is 22.3 Å². The Bertz CT molecular complexity index is 1510. The summed E-state index contributed by atoms with van der Waals surface area (Å²) in [4.78, 5) is 29.3. The molecule has 1 aromatic heterocycles. The molecule has 0 radical (unpaired) electrons. The second-order valence-corrected chi connectivity index (χ2v) is 7.75. The van der Waals surface area contributed by atoms with Crippen LogP contribution in [0, 0.1) is 0 Å². The maximum absolute atomic E-state index is 13.3. The van der Waals surface area contributed by atoms with Gasteiger partial charge in [0.25, 0.3) is 5.56 Å². The number of ether oxygens (including phenoxy) is 2. The van der Waals surface area contributed by atoms with Crippen molar-refractivity contribution in [1.82, 2.24) is 9.66 Å². The van der Waals surface area contributed by atoms with E-state index in [1.807, 2.05) is 0 Å². The molecule has 0 N–H and O–H groups in total. The molecular formula is C26H20F3N3O4. The van der Waals surface area contributed by atoms with Crippen LogP contribution < -0.4 is 10.3 Å². The fourth-order valence-corrected chi connectivity index (χ4v) is 3.46. The number of methoxy groups -OCH3 is 1. The van der Waals surface area contributed by atoms with Gasteiger partial charge in [-0.05, 0) is 48.9 Å². The summed E-state index contributed by atoms with van der Waals surface area (Å²) in [7, 11) is 1.25. The number of para-hydroxylation sites is 1. The number of hydrogen-bond acceptors (Lipinski definition) is 6. The number of carbonyl (C=O) groups is 1. The first-order valence-electron chi connectivity index (χ1n) is 10.8. The zero-order chi connectivity index (χ0) is 25.9. The number of carbonyl (C=O) groups excluding carboxylic acids is 1.